The fourth-order valence-corrected chi connectivity index (χ4v) is 2.17. The van der Waals surface area contributed by atoms with Crippen LogP contribution in [0.5, 0.6) is 0 Å². The second kappa shape index (κ2) is 7.57. The van der Waals surface area contributed by atoms with Crippen LogP contribution >= 0.6 is 0 Å². The highest BCUT2D eigenvalue weighted by Crippen LogP contribution is 2.17. The predicted molar refractivity (Wildman–Crippen MR) is 77.8 cm³/mol. The van der Waals surface area contributed by atoms with Gasteiger partial charge in [-0.2, -0.15) is 5.10 Å². The van der Waals surface area contributed by atoms with Crippen molar-refractivity contribution < 1.29 is 0 Å². The fourth-order valence-electron chi connectivity index (χ4n) is 2.17. The van der Waals surface area contributed by atoms with Crippen molar-refractivity contribution in [2.45, 2.75) is 47.0 Å². The molecule has 0 aromatic carbocycles. The third-order valence-corrected chi connectivity index (χ3v) is 3.79. The first-order valence-electron chi connectivity index (χ1n) is 7.30. The molecule has 0 spiro atoms. The molecule has 0 aliphatic carbocycles. The normalized spacial score (nSPS) is 14.7. The molecular weight excluding hydrogens is 222 g/mol. The van der Waals surface area contributed by atoms with Crippen LogP contribution in [0.4, 0.5) is 0 Å². The van der Waals surface area contributed by atoms with Crippen LogP contribution in [0.1, 0.15) is 45.5 Å². The molecule has 0 fully saturated rings. The SMILES string of the molecule is CCCNCC(C)C(C)Cc1cc(CC)nn1C. The molecule has 3 nitrogen and oxygen atoms in total. The van der Waals surface area contributed by atoms with Crippen LogP contribution in [0, 0.1) is 11.8 Å². The predicted octanol–water partition coefficient (Wildman–Crippen LogP) is 2.80. The third kappa shape index (κ3) is 4.45. The van der Waals surface area contributed by atoms with E-state index in [2.05, 4.69) is 51.2 Å². The van der Waals surface area contributed by atoms with E-state index >= 15 is 0 Å². The Bertz CT molecular complexity index is 344. The first kappa shape index (κ1) is 15.2. The zero-order valence-electron chi connectivity index (χ0n) is 12.7. The minimum absolute atomic E-state index is 0.689. The van der Waals surface area contributed by atoms with Crippen LogP contribution in [0.3, 0.4) is 0 Å². The maximum absolute atomic E-state index is 4.52. The summed E-state index contributed by atoms with van der Waals surface area (Å²) in [6, 6.07) is 2.25. The quantitative estimate of drug-likeness (QED) is 0.720. The van der Waals surface area contributed by atoms with Crippen LogP contribution in [0.15, 0.2) is 6.07 Å². The number of nitrogens with zero attached hydrogens (tertiary/aromatic N) is 2. The van der Waals surface area contributed by atoms with E-state index < -0.39 is 0 Å². The molecule has 1 heterocycles. The summed E-state index contributed by atoms with van der Waals surface area (Å²) in [6.07, 6.45) is 3.36. The molecule has 0 radical (unpaired) electrons. The Morgan fingerprint density at radius 3 is 2.56 bits per heavy atom. The Morgan fingerprint density at radius 1 is 1.28 bits per heavy atom. The number of rotatable bonds is 8. The molecule has 18 heavy (non-hydrogen) atoms. The van der Waals surface area contributed by atoms with Crippen LogP contribution in [0.2, 0.25) is 0 Å². The first-order chi connectivity index (χ1) is 8.58. The van der Waals surface area contributed by atoms with Gasteiger partial charge in [0.2, 0.25) is 0 Å². The van der Waals surface area contributed by atoms with Gasteiger partial charge in [0.25, 0.3) is 0 Å². The van der Waals surface area contributed by atoms with Crippen molar-refractivity contribution in [3.8, 4) is 0 Å². The van der Waals surface area contributed by atoms with Crippen LogP contribution < -0.4 is 5.32 Å². The molecule has 0 saturated carbocycles. The molecule has 0 aliphatic rings. The molecule has 0 amide bonds. The van der Waals surface area contributed by atoms with E-state index in [0.717, 1.165) is 25.9 Å². The lowest BCUT2D eigenvalue weighted by Crippen LogP contribution is -2.27. The maximum Gasteiger partial charge on any atom is 0.0624 e. The summed E-state index contributed by atoms with van der Waals surface area (Å²) in [7, 11) is 2.06. The lowest BCUT2D eigenvalue weighted by Gasteiger charge is -2.20. The molecule has 2 unspecified atom stereocenters. The van der Waals surface area contributed by atoms with E-state index in [0.29, 0.717) is 11.8 Å². The highest BCUT2D eigenvalue weighted by atomic mass is 15.3. The zero-order chi connectivity index (χ0) is 13.5. The van der Waals surface area contributed by atoms with Gasteiger partial charge in [-0.15, -0.1) is 0 Å². The number of hydrogen-bond donors (Lipinski definition) is 1. The van der Waals surface area contributed by atoms with Gasteiger partial charge in [-0.3, -0.25) is 4.68 Å². The van der Waals surface area contributed by atoms with Crippen LogP contribution in [0.25, 0.3) is 0 Å². The zero-order valence-corrected chi connectivity index (χ0v) is 12.7. The smallest absolute Gasteiger partial charge is 0.0624 e. The van der Waals surface area contributed by atoms with E-state index in [1.807, 2.05) is 4.68 Å². The maximum atomic E-state index is 4.52. The van der Waals surface area contributed by atoms with E-state index in [1.165, 1.54) is 17.8 Å². The molecule has 1 aromatic rings. The van der Waals surface area contributed by atoms with Crippen molar-refractivity contribution in [2.24, 2.45) is 18.9 Å². The molecule has 1 rings (SSSR count). The second-order valence-corrected chi connectivity index (χ2v) is 5.47. The van der Waals surface area contributed by atoms with E-state index in [1.54, 1.807) is 0 Å². The van der Waals surface area contributed by atoms with Crippen LogP contribution in [-0.2, 0) is 19.9 Å². The summed E-state index contributed by atoms with van der Waals surface area (Å²) in [5.41, 5.74) is 2.57. The fraction of sp³-hybridized carbons (Fsp3) is 0.800. The molecule has 0 aliphatic heterocycles. The van der Waals surface area contributed by atoms with Crippen molar-refractivity contribution in [1.82, 2.24) is 15.1 Å². The number of aromatic nitrogens is 2. The molecule has 0 bridgehead atoms. The Balaban J connectivity index is 2.47. The van der Waals surface area contributed by atoms with Gasteiger partial charge in [-0.25, -0.2) is 0 Å². The highest BCUT2D eigenvalue weighted by Gasteiger charge is 2.15. The Morgan fingerprint density at radius 2 is 2.00 bits per heavy atom. The summed E-state index contributed by atoms with van der Waals surface area (Å²) in [4.78, 5) is 0. The van der Waals surface area contributed by atoms with E-state index in [4.69, 9.17) is 0 Å². The number of aryl methyl sites for hydroxylation is 2. The van der Waals surface area contributed by atoms with Gasteiger partial charge in [0.1, 0.15) is 0 Å². The third-order valence-electron chi connectivity index (χ3n) is 3.79. The van der Waals surface area contributed by atoms with E-state index in [-0.39, 0.29) is 0 Å². The Kier molecular flexibility index (Phi) is 6.41. The van der Waals surface area contributed by atoms with Crippen molar-refractivity contribution >= 4 is 0 Å². The average Bonchev–Trinajstić information content (AvgIpc) is 2.70. The lowest BCUT2D eigenvalue weighted by molar-refractivity contribution is 0.359. The Hall–Kier alpha value is -0.830. The summed E-state index contributed by atoms with van der Waals surface area (Å²) in [5.74, 6) is 1.39. The average molecular weight is 251 g/mol. The van der Waals surface area contributed by atoms with Gasteiger partial charge >= 0.3 is 0 Å². The second-order valence-electron chi connectivity index (χ2n) is 5.47. The van der Waals surface area contributed by atoms with Gasteiger partial charge in [-0.05, 0) is 50.3 Å². The minimum atomic E-state index is 0.689. The van der Waals surface area contributed by atoms with Crippen LogP contribution in [-0.4, -0.2) is 22.9 Å². The molecule has 1 N–H and O–H groups in total. The molecule has 2 atom stereocenters. The van der Waals surface area contributed by atoms with Gasteiger partial charge in [0, 0.05) is 12.7 Å². The summed E-state index contributed by atoms with van der Waals surface area (Å²) in [6.45, 7) is 11.3. The topological polar surface area (TPSA) is 29.9 Å². The summed E-state index contributed by atoms with van der Waals surface area (Å²) in [5, 5.41) is 8.03. The minimum Gasteiger partial charge on any atom is -0.316 e. The largest absolute Gasteiger partial charge is 0.316 e. The highest BCUT2D eigenvalue weighted by molar-refractivity contribution is 5.10. The number of nitrogens with one attached hydrogen (secondary N) is 1. The summed E-state index contributed by atoms with van der Waals surface area (Å²) >= 11 is 0. The van der Waals surface area contributed by atoms with Crippen molar-refractivity contribution in [2.75, 3.05) is 13.1 Å². The van der Waals surface area contributed by atoms with Crippen molar-refractivity contribution in [3.63, 3.8) is 0 Å². The molecule has 104 valence electrons. The van der Waals surface area contributed by atoms with Gasteiger partial charge in [0.05, 0.1) is 5.69 Å². The molecule has 3 heteroatoms. The van der Waals surface area contributed by atoms with Gasteiger partial charge in [0.15, 0.2) is 0 Å². The van der Waals surface area contributed by atoms with Gasteiger partial charge < -0.3 is 5.32 Å². The van der Waals surface area contributed by atoms with Gasteiger partial charge in [-0.1, -0.05) is 27.7 Å². The number of hydrogen-bond acceptors (Lipinski definition) is 2. The first-order valence-corrected chi connectivity index (χ1v) is 7.30. The van der Waals surface area contributed by atoms with Crippen molar-refractivity contribution in [1.29, 1.82) is 0 Å². The lowest BCUT2D eigenvalue weighted by atomic mass is 9.91. The summed E-state index contributed by atoms with van der Waals surface area (Å²) < 4.78 is 2.04. The molecule has 0 saturated heterocycles. The Labute approximate surface area is 112 Å². The van der Waals surface area contributed by atoms with E-state index in [9.17, 15) is 0 Å². The van der Waals surface area contributed by atoms with Crippen molar-refractivity contribution in [3.05, 3.63) is 17.5 Å². The standard InChI is InChI=1S/C15H29N3/c1-6-8-16-11-13(4)12(3)9-15-10-14(7-2)17-18(15)5/h10,12-13,16H,6-9,11H2,1-5H3. The molecular formula is C15H29N3. The molecule has 1 aromatic heterocycles. The monoisotopic (exact) mass is 251 g/mol.